The smallest absolute Gasteiger partial charge is 0.129 e. The maximum Gasteiger partial charge on any atom is 0.129 e. The third kappa shape index (κ3) is 2.94. The lowest BCUT2D eigenvalue weighted by atomic mass is 10.1. The van der Waals surface area contributed by atoms with E-state index in [2.05, 4.69) is 5.10 Å². The van der Waals surface area contributed by atoms with Crippen LogP contribution in [0.5, 0.6) is 0 Å². The fourth-order valence-corrected chi connectivity index (χ4v) is 2.09. The highest BCUT2D eigenvalue weighted by atomic mass is 35.5. The Morgan fingerprint density at radius 2 is 2.21 bits per heavy atom. The van der Waals surface area contributed by atoms with E-state index in [9.17, 15) is 9.50 Å². The van der Waals surface area contributed by atoms with Gasteiger partial charge in [0, 0.05) is 12.7 Å². The van der Waals surface area contributed by atoms with Crippen molar-refractivity contribution in [3.05, 3.63) is 52.6 Å². The van der Waals surface area contributed by atoms with Gasteiger partial charge in [0.25, 0.3) is 0 Å². The zero-order chi connectivity index (χ0) is 13.8. The van der Waals surface area contributed by atoms with Crippen molar-refractivity contribution < 1.29 is 14.2 Å². The van der Waals surface area contributed by atoms with Crippen molar-refractivity contribution in [3.63, 3.8) is 0 Å². The van der Waals surface area contributed by atoms with E-state index >= 15 is 0 Å². The second-order valence-corrected chi connectivity index (χ2v) is 4.42. The topological polar surface area (TPSA) is 47.3 Å². The molecule has 0 bridgehead atoms. The van der Waals surface area contributed by atoms with E-state index in [4.69, 9.17) is 16.3 Å². The molecule has 19 heavy (non-hydrogen) atoms. The number of hydrogen-bond acceptors (Lipinski definition) is 3. The summed E-state index contributed by atoms with van der Waals surface area (Å²) in [6.45, 7) is 0.860. The molecule has 1 atom stereocenters. The molecule has 0 amide bonds. The standard InChI is InChI=1S/C13H14ClFN2O2/c1-19-7-6-17-12(10(14)8-16-17)13(18)9-4-2-3-5-11(9)15/h2-5,8,13,18H,6-7H2,1H3. The quantitative estimate of drug-likeness (QED) is 0.917. The van der Waals surface area contributed by atoms with E-state index in [1.165, 1.54) is 23.0 Å². The monoisotopic (exact) mass is 284 g/mol. The number of hydrogen-bond donors (Lipinski definition) is 1. The largest absolute Gasteiger partial charge is 0.383 e. The molecule has 1 unspecified atom stereocenters. The minimum atomic E-state index is -1.16. The normalized spacial score (nSPS) is 12.6. The first-order chi connectivity index (χ1) is 9.15. The molecule has 0 aliphatic rings. The van der Waals surface area contributed by atoms with Gasteiger partial charge < -0.3 is 9.84 Å². The van der Waals surface area contributed by atoms with Crippen molar-refractivity contribution in [2.45, 2.75) is 12.6 Å². The molecular weight excluding hydrogens is 271 g/mol. The molecule has 0 spiro atoms. The van der Waals surface area contributed by atoms with E-state index in [-0.39, 0.29) is 5.56 Å². The van der Waals surface area contributed by atoms with Crippen LogP contribution in [0.4, 0.5) is 4.39 Å². The van der Waals surface area contributed by atoms with Gasteiger partial charge in [-0.2, -0.15) is 5.10 Å². The molecule has 2 aromatic rings. The molecule has 1 N–H and O–H groups in total. The lowest BCUT2D eigenvalue weighted by Gasteiger charge is -2.15. The number of nitrogens with zero attached hydrogens (tertiary/aromatic N) is 2. The van der Waals surface area contributed by atoms with E-state index in [0.29, 0.717) is 23.9 Å². The van der Waals surface area contributed by atoms with Gasteiger partial charge in [-0.25, -0.2) is 4.39 Å². The van der Waals surface area contributed by atoms with Crippen LogP contribution in [0.25, 0.3) is 0 Å². The first kappa shape index (κ1) is 14.0. The highest BCUT2D eigenvalue weighted by molar-refractivity contribution is 6.31. The van der Waals surface area contributed by atoms with Crippen molar-refractivity contribution in [2.24, 2.45) is 0 Å². The maximum absolute atomic E-state index is 13.7. The molecule has 1 aromatic heterocycles. The van der Waals surface area contributed by atoms with Crippen molar-refractivity contribution >= 4 is 11.6 Å². The number of methoxy groups -OCH3 is 1. The van der Waals surface area contributed by atoms with Crippen LogP contribution in [0.2, 0.25) is 5.02 Å². The summed E-state index contributed by atoms with van der Waals surface area (Å²) in [5.74, 6) is -0.481. The summed E-state index contributed by atoms with van der Waals surface area (Å²) in [6, 6.07) is 6.03. The van der Waals surface area contributed by atoms with Gasteiger partial charge in [-0.15, -0.1) is 0 Å². The van der Waals surface area contributed by atoms with Crippen LogP contribution >= 0.6 is 11.6 Å². The molecule has 1 heterocycles. The Hall–Kier alpha value is -1.43. The second kappa shape index (κ2) is 6.14. The van der Waals surface area contributed by atoms with Gasteiger partial charge in [0.15, 0.2) is 0 Å². The number of aliphatic hydroxyl groups is 1. The van der Waals surface area contributed by atoms with Gasteiger partial charge >= 0.3 is 0 Å². The summed E-state index contributed by atoms with van der Waals surface area (Å²) in [5.41, 5.74) is 0.535. The SMILES string of the molecule is COCCn1ncc(Cl)c1C(O)c1ccccc1F. The Morgan fingerprint density at radius 1 is 1.47 bits per heavy atom. The molecule has 6 heteroatoms. The van der Waals surface area contributed by atoms with Crippen molar-refractivity contribution in [3.8, 4) is 0 Å². The molecule has 0 aliphatic carbocycles. The van der Waals surface area contributed by atoms with Crippen LogP contribution in [-0.2, 0) is 11.3 Å². The summed E-state index contributed by atoms with van der Waals surface area (Å²) in [4.78, 5) is 0. The first-order valence-electron chi connectivity index (χ1n) is 5.77. The Bertz CT molecular complexity index is 559. The molecule has 0 radical (unpaired) electrons. The van der Waals surface area contributed by atoms with Gasteiger partial charge in [0.2, 0.25) is 0 Å². The number of aromatic nitrogens is 2. The van der Waals surface area contributed by atoms with Crippen LogP contribution in [-0.4, -0.2) is 28.6 Å². The average molecular weight is 285 g/mol. The Morgan fingerprint density at radius 3 is 2.89 bits per heavy atom. The third-order valence-corrected chi connectivity index (χ3v) is 3.09. The molecule has 0 fully saturated rings. The summed E-state index contributed by atoms with van der Waals surface area (Å²) >= 11 is 6.01. The van der Waals surface area contributed by atoms with Crippen molar-refractivity contribution in [1.82, 2.24) is 9.78 Å². The fraction of sp³-hybridized carbons (Fsp3) is 0.308. The summed E-state index contributed by atoms with van der Waals surface area (Å²) in [6.07, 6.45) is 0.268. The lowest BCUT2D eigenvalue weighted by Crippen LogP contribution is -2.14. The average Bonchev–Trinajstić information content (AvgIpc) is 2.77. The summed E-state index contributed by atoms with van der Waals surface area (Å²) < 4.78 is 20.2. The van der Waals surface area contributed by atoms with Crippen LogP contribution in [0.1, 0.15) is 17.4 Å². The van der Waals surface area contributed by atoms with E-state index in [1.807, 2.05) is 0 Å². The Balaban J connectivity index is 2.35. The molecule has 0 saturated carbocycles. The van der Waals surface area contributed by atoms with E-state index in [1.54, 1.807) is 19.2 Å². The van der Waals surface area contributed by atoms with Crippen molar-refractivity contribution in [1.29, 1.82) is 0 Å². The van der Waals surface area contributed by atoms with Gasteiger partial charge in [-0.1, -0.05) is 29.8 Å². The van der Waals surface area contributed by atoms with Gasteiger partial charge in [0.05, 0.1) is 30.1 Å². The molecule has 102 valence electrons. The summed E-state index contributed by atoms with van der Waals surface area (Å²) in [7, 11) is 1.57. The number of ether oxygens (including phenoxy) is 1. The predicted octanol–water partition coefficient (Wildman–Crippen LogP) is 2.40. The van der Waals surface area contributed by atoms with E-state index < -0.39 is 11.9 Å². The molecular formula is C13H14ClFN2O2. The number of aliphatic hydroxyl groups excluding tert-OH is 1. The highest BCUT2D eigenvalue weighted by Crippen LogP contribution is 2.29. The minimum absolute atomic E-state index is 0.170. The summed E-state index contributed by atoms with van der Waals surface area (Å²) in [5, 5.41) is 14.6. The maximum atomic E-state index is 13.7. The van der Waals surface area contributed by atoms with Crippen LogP contribution in [0.3, 0.4) is 0 Å². The molecule has 4 nitrogen and oxygen atoms in total. The highest BCUT2D eigenvalue weighted by Gasteiger charge is 2.22. The second-order valence-electron chi connectivity index (χ2n) is 4.02. The molecule has 1 aromatic carbocycles. The number of benzene rings is 1. The molecule has 0 saturated heterocycles. The third-order valence-electron chi connectivity index (χ3n) is 2.80. The lowest BCUT2D eigenvalue weighted by molar-refractivity contribution is 0.170. The predicted molar refractivity (Wildman–Crippen MR) is 69.6 cm³/mol. The fourth-order valence-electron chi connectivity index (χ4n) is 1.84. The van der Waals surface area contributed by atoms with Crippen LogP contribution in [0.15, 0.2) is 30.5 Å². The van der Waals surface area contributed by atoms with Crippen LogP contribution < -0.4 is 0 Å². The van der Waals surface area contributed by atoms with Gasteiger partial charge in [-0.05, 0) is 6.07 Å². The number of halogens is 2. The first-order valence-corrected chi connectivity index (χ1v) is 6.15. The Kier molecular flexibility index (Phi) is 4.52. The number of rotatable bonds is 5. The van der Waals surface area contributed by atoms with Gasteiger partial charge in [0.1, 0.15) is 11.9 Å². The van der Waals surface area contributed by atoms with Gasteiger partial charge in [-0.3, -0.25) is 4.68 Å². The molecule has 2 rings (SSSR count). The van der Waals surface area contributed by atoms with E-state index in [0.717, 1.165) is 0 Å². The zero-order valence-electron chi connectivity index (χ0n) is 10.4. The van der Waals surface area contributed by atoms with Crippen LogP contribution in [0, 0.1) is 5.82 Å². The molecule has 0 aliphatic heterocycles. The minimum Gasteiger partial charge on any atom is -0.383 e. The Labute approximate surface area is 115 Å². The zero-order valence-corrected chi connectivity index (χ0v) is 11.1. The van der Waals surface area contributed by atoms with Crippen molar-refractivity contribution in [2.75, 3.05) is 13.7 Å².